The number of hydrogen-bond acceptors (Lipinski definition) is 7. The normalized spacial score (nSPS) is 13.6. The van der Waals surface area contributed by atoms with Crippen LogP contribution >= 0.6 is 0 Å². The van der Waals surface area contributed by atoms with Crippen molar-refractivity contribution >= 4 is 35.1 Å². The average molecular weight is 397 g/mol. The molecule has 0 aromatic heterocycles. The number of nitrogens with zero attached hydrogens (tertiary/aromatic N) is 2. The Labute approximate surface area is 164 Å². The zero-order valence-corrected chi connectivity index (χ0v) is 15.2. The summed E-state index contributed by atoms with van der Waals surface area (Å²) < 4.78 is 4.99. The van der Waals surface area contributed by atoms with Crippen molar-refractivity contribution in [2.45, 2.75) is 13.0 Å². The van der Waals surface area contributed by atoms with Crippen LogP contribution in [0.2, 0.25) is 0 Å². The van der Waals surface area contributed by atoms with Crippen molar-refractivity contribution in [3.63, 3.8) is 0 Å². The fourth-order valence-corrected chi connectivity index (χ4v) is 2.74. The van der Waals surface area contributed by atoms with Crippen molar-refractivity contribution in [1.82, 2.24) is 4.90 Å². The van der Waals surface area contributed by atoms with Crippen molar-refractivity contribution in [2.75, 3.05) is 11.9 Å². The Morgan fingerprint density at radius 1 is 1.10 bits per heavy atom. The molecule has 1 heterocycles. The summed E-state index contributed by atoms with van der Waals surface area (Å²) in [5.41, 5.74) is 0.342. The number of fused-ring (bicyclic) bond motifs is 1. The summed E-state index contributed by atoms with van der Waals surface area (Å²) in [4.78, 5) is 59.7. The second-order valence-electron chi connectivity index (χ2n) is 6.17. The molecule has 1 aliphatic rings. The minimum atomic E-state index is -1.25. The van der Waals surface area contributed by atoms with Gasteiger partial charge in [0.15, 0.2) is 6.10 Å². The van der Waals surface area contributed by atoms with Crippen LogP contribution in [0.25, 0.3) is 0 Å². The maximum atomic E-state index is 12.3. The Balaban J connectivity index is 1.59. The molecule has 3 amide bonds. The summed E-state index contributed by atoms with van der Waals surface area (Å²) in [6.07, 6.45) is -1.25. The molecule has 2 aromatic carbocycles. The molecule has 1 N–H and O–H groups in total. The SMILES string of the molecule is CC(OC(=O)CN1C(=O)c2ccccc2C1=O)C(=O)Nc1cccc([N+](=O)[O-])c1. The molecule has 0 spiro atoms. The van der Waals surface area contributed by atoms with Crippen LogP contribution in [0.5, 0.6) is 0 Å². The van der Waals surface area contributed by atoms with Crippen molar-refractivity contribution < 1.29 is 28.8 Å². The highest BCUT2D eigenvalue weighted by atomic mass is 16.6. The third-order valence-corrected chi connectivity index (χ3v) is 4.17. The lowest BCUT2D eigenvalue weighted by Crippen LogP contribution is -2.38. The Hall–Kier alpha value is -4.08. The quantitative estimate of drug-likeness (QED) is 0.339. The van der Waals surface area contributed by atoms with E-state index in [0.717, 1.165) is 11.0 Å². The molecule has 3 rings (SSSR count). The van der Waals surface area contributed by atoms with Crippen molar-refractivity contribution in [3.8, 4) is 0 Å². The van der Waals surface area contributed by atoms with Gasteiger partial charge >= 0.3 is 5.97 Å². The van der Waals surface area contributed by atoms with Gasteiger partial charge in [0.25, 0.3) is 23.4 Å². The van der Waals surface area contributed by atoms with Crippen LogP contribution in [-0.2, 0) is 14.3 Å². The molecule has 148 valence electrons. The van der Waals surface area contributed by atoms with Crippen LogP contribution in [0.15, 0.2) is 48.5 Å². The van der Waals surface area contributed by atoms with E-state index < -0.39 is 41.3 Å². The molecule has 1 unspecified atom stereocenters. The first-order valence-corrected chi connectivity index (χ1v) is 8.48. The number of carbonyl (C=O) groups excluding carboxylic acids is 4. The number of nitro groups is 1. The van der Waals surface area contributed by atoms with Gasteiger partial charge < -0.3 is 10.1 Å². The van der Waals surface area contributed by atoms with E-state index in [1.807, 2.05) is 0 Å². The van der Waals surface area contributed by atoms with Crippen molar-refractivity contribution in [2.24, 2.45) is 0 Å². The van der Waals surface area contributed by atoms with Gasteiger partial charge in [-0.15, -0.1) is 0 Å². The van der Waals surface area contributed by atoms with Crippen molar-refractivity contribution in [1.29, 1.82) is 0 Å². The molecule has 1 aliphatic heterocycles. The van der Waals surface area contributed by atoms with E-state index in [-0.39, 0.29) is 22.5 Å². The predicted octanol–water partition coefficient (Wildman–Crippen LogP) is 1.76. The average Bonchev–Trinajstić information content (AvgIpc) is 2.93. The topological polar surface area (TPSA) is 136 Å². The van der Waals surface area contributed by atoms with Crippen LogP contribution in [0, 0.1) is 10.1 Å². The molecule has 10 heteroatoms. The predicted molar refractivity (Wildman–Crippen MR) is 99.1 cm³/mol. The van der Waals surface area contributed by atoms with E-state index in [9.17, 15) is 29.3 Å². The van der Waals surface area contributed by atoms with E-state index >= 15 is 0 Å². The van der Waals surface area contributed by atoms with Gasteiger partial charge in [-0.1, -0.05) is 18.2 Å². The van der Waals surface area contributed by atoms with Crippen molar-refractivity contribution in [3.05, 3.63) is 69.8 Å². The van der Waals surface area contributed by atoms with Gasteiger partial charge in [-0.2, -0.15) is 0 Å². The first-order chi connectivity index (χ1) is 13.8. The number of benzene rings is 2. The third kappa shape index (κ3) is 4.10. The zero-order chi connectivity index (χ0) is 21.1. The number of carbonyl (C=O) groups is 4. The maximum Gasteiger partial charge on any atom is 0.326 e. The zero-order valence-electron chi connectivity index (χ0n) is 15.2. The number of non-ortho nitro benzene ring substituents is 1. The highest BCUT2D eigenvalue weighted by Crippen LogP contribution is 2.22. The van der Waals surface area contributed by atoms with Gasteiger partial charge in [-0.3, -0.25) is 34.2 Å². The first-order valence-electron chi connectivity index (χ1n) is 8.48. The van der Waals surface area contributed by atoms with Gasteiger partial charge in [0.05, 0.1) is 16.1 Å². The fourth-order valence-electron chi connectivity index (χ4n) is 2.74. The van der Waals surface area contributed by atoms with E-state index in [4.69, 9.17) is 4.74 Å². The highest BCUT2D eigenvalue weighted by molar-refractivity contribution is 6.22. The number of nitrogens with one attached hydrogen (secondary N) is 1. The monoisotopic (exact) mass is 397 g/mol. The lowest BCUT2D eigenvalue weighted by Gasteiger charge is -2.16. The van der Waals surface area contributed by atoms with Gasteiger partial charge in [0.2, 0.25) is 0 Å². The fraction of sp³-hybridized carbons (Fsp3) is 0.158. The van der Waals surface area contributed by atoms with Gasteiger partial charge in [0.1, 0.15) is 6.54 Å². The number of rotatable bonds is 6. The Morgan fingerprint density at radius 2 is 1.72 bits per heavy atom. The lowest BCUT2D eigenvalue weighted by molar-refractivity contribution is -0.384. The van der Waals surface area contributed by atoms with E-state index in [1.54, 1.807) is 12.1 Å². The molecular weight excluding hydrogens is 382 g/mol. The Morgan fingerprint density at radius 3 is 2.31 bits per heavy atom. The molecule has 2 aromatic rings. The molecule has 10 nitrogen and oxygen atoms in total. The van der Waals surface area contributed by atoms with Gasteiger partial charge in [0, 0.05) is 17.8 Å². The number of ether oxygens (including phenoxy) is 1. The Bertz CT molecular complexity index is 999. The molecule has 0 saturated heterocycles. The van der Waals surface area contributed by atoms with E-state index in [0.29, 0.717) is 0 Å². The number of esters is 1. The summed E-state index contributed by atoms with van der Waals surface area (Å²) >= 11 is 0. The minimum Gasteiger partial charge on any atom is -0.451 e. The van der Waals surface area contributed by atoms with Crippen LogP contribution in [0.3, 0.4) is 0 Å². The second-order valence-corrected chi connectivity index (χ2v) is 6.17. The van der Waals surface area contributed by atoms with Crippen LogP contribution in [0.1, 0.15) is 27.6 Å². The number of imide groups is 1. The molecule has 0 fully saturated rings. The van der Waals surface area contributed by atoms with E-state index in [2.05, 4.69) is 5.32 Å². The minimum absolute atomic E-state index is 0.160. The first kappa shape index (κ1) is 19.7. The van der Waals surface area contributed by atoms with Gasteiger partial charge in [-0.25, -0.2) is 0 Å². The molecule has 0 bridgehead atoms. The highest BCUT2D eigenvalue weighted by Gasteiger charge is 2.37. The number of anilines is 1. The summed E-state index contributed by atoms with van der Waals surface area (Å²) in [7, 11) is 0. The lowest BCUT2D eigenvalue weighted by atomic mass is 10.1. The molecule has 0 radical (unpaired) electrons. The standard InChI is InChI=1S/C19H15N3O7/c1-11(17(24)20-12-5-4-6-13(9-12)22(27)28)29-16(23)10-21-18(25)14-7-2-3-8-15(14)19(21)26/h2-9,11H,10H2,1H3,(H,20,24). The van der Waals surface area contributed by atoms with Crippen LogP contribution in [-0.4, -0.2) is 46.2 Å². The molecule has 29 heavy (non-hydrogen) atoms. The summed E-state index contributed by atoms with van der Waals surface area (Å²) in [6.45, 7) is 0.660. The van der Waals surface area contributed by atoms with Crippen LogP contribution < -0.4 is 5.32 Å². The van der Waals surface area contributed by atoms with E-state index in [1.165, 1.54) is 37.3 Å². The smallest absolute Gasteiger partial charge is 0.326 e. The Kier molecular flexibility index (Phi) is 5.35. The van der Waals surface area contributed by atoms with Crippen LogP contribution in [0.4, 0.5) is 11.4 Å². The molecule has 0 saturated carbocycles. The number of amides is 3. The van der Waals surface area contributed by atoms with Gasteiger partial charge in [-0.05, 0) is 25.1 Å². The summed E-state index contributed by atoms with van der Waals surface area (Å²) in [5, 5.41) is 13.2. The maximum absolute atomic E-state index is 12.3. The molecular formula is C19H15N3O7. The molecule has 1 atom stereocenters. The number of nitro benzene ring substituents is 1. The second kappa shape index (κ2) is 7.89. The molecule has 0 aliphatic carbocycles. The largest absolute Gasteiger partial charge is 0.451 e. The summed E-state index contributed by atoms with van der Waals surface area (Å²) in [6, 6.07) is 11.4. The summed E-state index contributed by atoms with van der Waals surface area (Å²) in [5.74, 6) is -2.89. The third-order valence-electron chi connectivity index (χ3n) is 4.17. The number of hydrogen-bond donors (Lipinski definition) is 1.